The van der Waals surface area contributed by atoms with Crippen molar-refractivity contribution in [1.29, 1.82) is 0 Å². The predicted molar refractivity (Wildman–Crippen MR) is 57.1 cm³/mol. The first-order valence-corrected chi connectivity index (χ1v) is 4.97. The van der Waals surface area contributed by atoms with Gasteiger partial charge in [0.1, 0.15) is 5.60 Å². The summed E-state index contributed by atoms with van der Waals surface area (Å²) in [4.78, 5) is 21.9. The lowest BCUT2D eigenvalue weighted by Gasteiger charge is -2.19. The van der Waals surface area contributed by atoms with E-state index in [9.17, 15) is 9.59 Å². The lowest BCUT2D eigenvalue weighted by Crippen LogP contribution is -2.40. The van der Waals surface area contributed by atoms with E-state index in [1.165, 1.54) is 0 Å². The third kappa shape index (κ3) is 7.93. The quantitative estimate of drug-likeness (QED) is 0.642. The second kappa shape index (κ2) is 5.70. The Morgan fingerprint density at radius 3 is 2.33 bits per heavy atom. The molecule has 0 saturated heterocycles. The van der Waals surface area contributed by atoms with Gasteiger partial charge in [0.25, 0.3) is 0 Å². The highest BCUT2D eigenvalue weighted by molar-refractivity contribution is 5.79. The molecule has 0 aliphatic heterocycles. The van der Waals surface area contributed by atoms with E-state index < -0.39 is 17.6 Å². The van der Waals surface area contributed by atoms with Crippen molar-refractivity contribution >= 4 is 11.9 Å². The third-order valence-electron chi connectivity index (χ3n) is 1.63. The lowest BCUT2D eigenvalue weighted by molar-refractivity contribution is -0.154. The normalized spacial score (nSPS) is 13.3. The van der Waals surface area contributed by atoms with Gasteiger partial charge in [-0.3, -0.25) is 9.59 Å². The average Bonchev–Trinajstić information content (AvgIpc) is 2.00. The first-order valence-electron chi connectivity index (χ1n) is 4.97. The molecule has 0 aromatic rings. The predicted octanol–water partition coefficient (Wildman–Crippen LogP) is 0.182. The van der Waals surface area contributed by atoms with E-state index in [1.54, 1.807) is 6.92 Å². The average molecular weight is 216 g/mol. The largest absolute Gasteiger partial charge is 0.460 e. The Balaban J connectivity index is 3.69. The summed E-state index contributed by atoms with van der Waals surface area (Å²) in [6, 6.07) is -0.424. The Bertz CT molecular complexity index is 233. The molecule has 5 nitrogen and oxygen atoms in total. The van der Waals surface area contributed by atoms with Gasteiger partial charge in [0.15, 0.2) is 0 Å². The van der Waals surface area contributed by atoms with Gasteiger partial charge in [0.05, 0.1) is 12.5 Å². The molecule has 1 amide bonds. The Hall–Kier alpha value is -1.10. The van der Waals surface area contributed by atoms with Crippen molar-refractivity contribution in [2.24, 2.45) is 5.73 Å². The topological polar surface area (TPSA) is 81.4 Å². The smallest absolute Gasteiger partial charge is 0.307 e. The molecule has 0 aliphatic carbocycles. The Labute approximate surface area is 90.4 Å². The molecule has 0 aromatic carbocycles. The molecule has 1 atom stereocenters. The van der Waals surface area contributed by atoms with Crippen LogP contribution in [-0.4, -0.2) is 30.1 Å². The van der Waals surface area contributed by atoms with Crippen molar-refractivity contribution in [3.8, 4) is 0 Å². The van der Waals surface area contributed by atoms with Crippen LogP contribution in [0.4, 0.5) is 0 Å². The molecule has 0 bridgehead atoms. The summed E-state index contributed by atoms with van der Waals surface area (Å²) in [5.41, 5.74) is 4.57. The monoisotopic (exact) mass is 216 g/mol. The maximum Gasteiger partial charge on any atom is 0.307 e. The second-order valence-electron chi connectivity index (χ2n) is 4.41. The van der Waals surface area contributed by atoms with Crippen LogP contribution in [-0.2, 0) is 14.3 Å². The van der Waals surface area contributed by atoms with E-state index in [-0.39, 0.29) is 12.4 Å². The first kappa shape index (κ1) is 13.9. The Kier molecular flexibility index (Phi) is 5.28. The van der Waals surface area contributed by atoms with Gasteiger partial charge in [0.2, 0.25) is 5.91 Å². The van der Waals surface area contributed by atoms with Crippen LogP contribution in [0.5, 0.6) is 0 Å². The number of hydrogen-bond donors (Lipinski definition) is 2. The molecule has 88 valence electrons. The van der Waals surface area contributed by atoms with Gasteiger partial charge >= 0.3 is 5.97 Å². The molecule has 0 aliphatic rings. The van der Waals surface area contributed by atoms with Gasteiger partial charge < -0.3 is 15.8 Å². The molecule has 0 saturated carbocycles. The molecule has 0 aromatic heterocycles. The number of esters is 1. The summed E-state index contributed by atoms with van der Waals surface area (Å²) >= 11 is 0. The minimum absolute atomic E-state index is 0.231. The number of amides is 1. The zero-order chi connectivity index (χ0) is 12.1. The zero-order valence-electron chi connectivity index (χ0n) is 9.79. The molecule has 15 heavy (non-hydrogen) atoms. The molecule has 0 radical (unpaired) electrons. The van der Waals surface area contributed by atoms with Crippen LogP contribution in [0.15, 0.2) is 0 Å². The SMILES string of the molecule is CC(NCCC(=O)OC(C)(C)C)C(N)=O. The molecule has 3 N–H and O–H groups in total. The molecule has 0 heterocycles. The lowest BCUT2D eigenvalue weighted by atomic mass is 10.2. The number of carbonyl (C=O) groups is 2. The zero-order valence-corrected chi connectivity index (χ0v) is 9.79. The van der Waals surface area contributed by atoms with Crippen LogP contribution in [0.2, 0.25) is 0 Å². The molecular formula is C10H20N2O3. The number of ether oxygens (including phenoxy) is 1. The van der Waals surface area contributed by atoms with E-state index in [0.29, 0.717) is 6.54 Å². The van der Waals surface area contributed by atoms with Crippen LogP contribution < -0.4 is 11.1 Å². The van der Waals surface area contributed by atoms with E-state index >= 15 is 0 Å². The van der Waals surface area contributed by atoms with E-state index in [1.807, 2.05) is 20.8 Å². The van der Waals surface area contributed by atoms with Crippen molar-refractivity contribution in [2.75, 3.05) is 6.54 Å². The molecule has 0 fully saturated rings. The number of nitrogens with one attached hydrogen (secondary N) is 1. The summed E-state index contributed by atoms with van der Waals surface area (Å²) in [7, 11) is 0. The van der Waals surface area contributed by atoms with Gasteiger partial charge in [-0.2, -0.15) is 0 Å². The molecule has 5 heteroatoms. The number of rotatable bonds is 5. The van der Waals surface area contributed by atoms with E-state index in [4.69, 9.17) is 10.5 Å². The highest BCUT2D eigenvalue weighted by Crippen LogP contribution is 2.07. The van der Waals surface area contributed by atoms with Gasteiger partial charge in [-0.05, 0) is 27.7 Å². The molecular weight excluding hydrogens is 196 g/mol. The number of hydrogen-bond acceptors (Lipinski definition) is 4. The van der Waals surface area contributed by atoms with Crippen LogP contribution in [0.3, 0.4) is 0 Å². The fraction of sp³-hybridized carbons (Fsp3) is 0.800. The summed E-state index contributed by atoms with van der Waals surface area (Å²) in [5, 5.41) is 2.82. The minimum Gasteiger partial charge on any atom is -0.460 e. The van der Waals surface area contributed by atoms with Crippen LogP contribution in [0, 0.1) is 0 Å². The van der Waals surface area contributed by atoms with Gasteiger partial charge in [-0.1, -0.05) is 0 Å². The van der Waals surface area contributed by atoms with Crippen molar-refractivity contribution < 1.29 is 14.3 Å². The molecule has 0 spiro atoms. The Morgan fingerprint density at radius 1 is 1.40 bits per heavy atom. The number of nitrogens with two attached hydrogens (primary N) is 1. The second-order valence-corrected chi connectivity index (χ2v) is 4.41. The van der Waals surface area contributed by atoms with E-state index in [2.05, 4.69) is 5.32 Å². The highest BCUT2D eigenvalue weighted by atomic mass is 16.6. The summed E-state index contributed by atoms with van der Waals surface area (Å²) in [6.45, 7) is 7.47. The minimum atomic E-state index is -0.466. The molecule has 0 rings (SSSR count). The fourth-order valence-electron chi connectivity index (χ4n) is 0.884. The van der Waals surface area contributed by atoms with Gasteiger partial charge in [-0.25, -0.2) is 0 Å². The number of carbonyl (C=O) groups excluding carboxylic acids is 2. The van der Waals surface area contributed by atoms with E-state index in [0.717, 1.165) is 0 Å². The van der Waals surface area contributed by atoms with Crippen molar-refractivity contribution in [3.63, 3.8) is 0 Å². The van der Waals surface area contributed by atoms with Crippen molar-refractivity contribution in [2.45, 2.75) is 45.8 Å². The fourth-order valence-corrected chi connectivity index (χ4v) is 0.884. The number of primary amides is 1. The standard InChI is InChI=1S/C10H20N2O3/c1-7(9(11)14)12-6-5-8(13)15-10(2,3)4/h7,12H,5-6H2,1-4H3,(H2,11,14). The third-order valence-corrected chi connectivity index (χ3v) is 1.63. The van der Waals surface area contributed by atoms with Gasteiger partial charge in [0, 0.05) is 6.54 Å². The molecule has 1 unspecified atom stereocenters. The van der Waals surface area contributed by atoms with Crippen molar-refractivity contribution in [1.82, 2.24) is 5.32 Å². The maximum absolute atomic E-state index is 11.2. The van der Waals surface area contributed by atoms with Gasteiger partial charge in [-0.15, -0.1) is 0 Å². The maximum atomic E-state index is 11.2. The Morgan fingerprint density at radius 2 is 1.93 bits per heavy atom. The van der Waals surface area contributed by atoms with Crippen LogP contribution in [0.25, 0.3) is 0 Å². The summed E-state index contributed by atoms with van der Waals surface area (Å²) in [6.07, 6.45) is 0.231. The van der Waals surface area contributed by atoms with Crippen molar-refractivity contribution in [3.05, 3.63) is 0 Å². The van der Waals surface area contributed by atoms with Crippen LogP contribution >= 0.6 is 0 Å². The summed E-state index contributed by atoms with van der Waals surface area (Å²) in [5.74, 6) is -0.717. The highest BCUT2D eigenvalue weighted by Gasteiger charge is 2.16. The van der Waals surface area contributed by atoms with Crippen LogP contribution in [0.1, 0.15) is 34.1 Å². The summed E-state index contributed by atoms with van der Waals surface area (Å²) < 4.78 is 5.08. The first-order chi connectivity index (χ1) is 6.72.